The second-order valence-electron chi connectivity index (χ2n) is 3.28. The van der Waals surface area contributed by atoms with E-state index >= 15 is 0 Å². The van der Waals surface area contributed by atoms with E-state index in [0.717, 1.165) is 6.42 Å². The van der Waals surface area contributed by atoms with Gasteiger partial charge in [-0.1, -0.05) is 6.92 Å². The number of hydrogen-bond acceptors (Lipinski definition) is 1. The van der Waals surface area contributed by atoms with Gasteiger partial charge in [-0.25, -0.2) is 4.79 Å². The minimum atomic E-state index is -0.0775. The van der Waals surface area contributed by atoms with Crippen molar-refractivity contribution in [2.24, 2.45) is 0 Å². The van der Waals surface area contributed by atoms with Crippen LogP contribution in [0.3, 0.4) is 0 Å². The summed E-state index contributed by atoms with van der Waals surface area (Å²) in [7, 11) is 0. The first-order valence-corrected chi connectivity index (χ1v) is 3.65. The third-order valence-corrected chi connectivity index (χ3v) is 2.02. The van der Waals surface area contributed by atoms with Crippen LogP contribution in [0.5, 0.6) is 0 Å². The highest BCUT2D eigenvalue weighted by molar-refractivity contribution is 5.78. The minimum Gasteiger partial charge on any atom is -0.333 e. The van der Waals surface area contributed by atoms with Crippen molar-refractivity contribution in [1.82, 2.24) is 10.6 Å². The molecule has 0 unspecified atom stereocenters. The quantitative estimate of drug-likeness (QED) is 0.560. The van der Waals surface area contributed by atoms with Gasteiger partial charge >= 0.3 is 6.03 Å². The molecule has 0 radical (unpaired) electrons. The Balaban J connectivity index is 2.67. The summed E-state index contributed by atoms with van der Waals surface area (Å²) < 4.78 is 0. The first kappa shape index (κ1) is 7.38. The van der Waals surface area contributed by atoms with Crippen molar-refractivity contribution in [1.29, 1.82) is 0 Å². The zero-order chi connectivity index (χ0) is 7.78. The summed E-state index contributed by atoms with van der Waals surface area (Å²) in [6.45, 7) is 6.12. The summed E-state index contributed by atoms with van der Waals surface area (Å²) in [6, 6.07) is 0.233. The number of nitrogens with one attached hydrogen (secondary N) is 2. The van der Waals surface area contributed by atoms with Crippen LogP contribution < -0.4 is 10.6 Å². The lowest BCUT2D eigenvalue weighted by molar-refractivity contribution is 0.246. The monoisotopic (exact) mass is 142 g/mol. The molecular weight excluding hydrogens is 128 g/mol. The Bertz CT molecular complexity index is 154. The van der Waals surface area contributed by atoms with E-state index in [0.29, 0.717) is 0 Å². The van der Waals surface area contributed by atoms with Crippen molar-refractivity contribution in [3.8, 4) is 0 Å². The summed E-state index contributed by atoms with van der Waals surface area (Å²) in [4.78, 5) is 10.8. The second-order valence-corrected chi connectivity index (χ2v) is 3.28. The van der Waals surface area contributed by atoms with Crippen LogP contribution >= 0.6 is 0 Å². The molecule has 1 aliphatic heterocycles. The fourth-order valence-electron chi connectivity index (χ4n) is 1.37. The van der Waals surface area contributed by atoms with Gasteiger partial charge in [0.1, 0.15) is 0 Å². The summed E-state index contributed by atoms with van der Waals surface area (Å²) in [5, 5.41) is 5.69. The number of rotatable bonds is 1. The lowest BCUT2D eigenvalue weighted by Gasteiger charge is -2.23. The Kier molecular flexibility index (Phi) is 1.58. The summed E-state index contributed by atoms with van der Waals surface area (Å²) in [6.07, 6.45) is 0.978. The number of carbonyl (C=O) groups excluding carboxylic acids is 1. The molecule has 3 nitrogen and oxygen atoms in total. The smallest absolute Gasteiger partial charge is 0.315 e. The van der Waals surface area contributed by atoms with Crippen LogP contribution in [0.2, 0.25) is 0 Å². The van der Waals surface area contributed by atoms with Gasteiger partial charge in [0.2, 0.25) is 0 Å². The molecule has 1 rings (SSSR count). The number of hydrogen-bond donors (Lipinski definition) is 2. The normalized spacial score (nSPS) is 29.5. The lowest BCUT2D eigenvalue weighted by atomic mass is 9.95. The number of carbonyl (C=O) groups is 1. The summed E-state index contributed by atoms with van der Waals surface area (Å²) >= 11 is 0. The molecule has 1 fully saturated rings. The molecule has 2 amide bonds. The van der Waals surface area contributed by atoms with E-state index in [1.165, 1.54) is 0 Å². The molecule has 0 saturated carbocycles. The Morgan fingerprint density at radius 3 is 2.40 bits per heavy atom. The van der Waals surface area contributed by atoms with Crippen molar-refractivity contribution in [3.05, 3.63) is 0 Å². The highest BCUT2D eigenvalue weighted by Crippen LogP contribution is 2.16. The molecule has 0 aromatic carbocycles. The van der Waals surface area contributed by atoms with E-state index in [1.807, 2.05) is 13.8 Å². The van der Waals surface area contributed by atoms with Crippen molar-refractivity contribution in [2.75, 3.05) is 0 Å². The number of urea groups is 1. The molecular formula is C7H14N2O. The second kappa shape index (κ2) is 2.15. The predicted octanol–water partition coefficient (Wildman–Crippen LogP) is 0.856. The molecule has 1 aliphatic rings. The molecule has 3 heteroatoms. The van der Waals surface area contributed by atoms with Gasteiger partial charge in [0.15, 0.2) is 0 Å². The van der Waals surface area contributed by atoms with Gasteiger partial charge in [0.05, 0.1) is 11.6 Å². The van der Waals surface area contributed by atoms with E-state index < -0.39 is 0 Å². The predicted molar refractivity (Wildman–Crippen MR) is 39.8 cm³/mol. The maximum atomic E-state index is 10.8. The maximum Gasteiger partial charge on any atom is 0.315 e. The first-order valence-electron chi connectivity index (χ1n) is 3.65. The largest absolute Gasteiger partial charge is 0.333 e. The average molecular weight is 142 g/mol. The van der Waals surface area contributed by atoms with Crippen LogP contribution in [-0.4, -0.2) is 17.6 Å². The molecule has 10 heavy (non-hydrogen) atoms. The SMILES string of the molecule is CC[C@@H]1NC(=O)NC1(C)C. The summed E-state index contributed by atoms with van der Waals surface area (Å²) in [5.74, 6) is 0. The van der Waals surface area contributed by atoms with Crippen molar-refractivity contribution < 1.29 is 4.79 Å². The zero-order valence-corrected chi connectivity index (χ0v) is 6.69. The Hall–Kier alpha value is -0.730. The molecule has 2 N–H and O–H groups in total. The fraction of sp³-hybridized carbons (Fsp3) is 0.857. The average Bonchev–Trinajstić information content (AvgIpc) is 2.04. The fourth-order valence-corrected chi connectivity index (χ4v) is 1.37. The van der Waals surface area contributed by atoms with E-state index in [4.69, 9.17) is 0 Å². The molecule has 58 valence electrons. The Labute approximate surface area is 61.2 Å². The molecule has 0 aromatic heterocycles. The molecule has 1 saturated heterocycles. The lowest BCUT2D eigenvalue weighted by Crippen LogP contribution is -2.43. The third kappa shape index (κ3) is 1.08. The van der Waals surface area contributed by atoms with E-state index in [2.05, 4.69) is 17.6 Å². The maximum absolute atomic E-state index is 10.8. The standard InChI is InChI=1S/C7H14N2O/c1-4-5-7(2,3)9-6(10)8-5/h5H,4H2,1-3H3,(H2,8,9,10)/t5-/m0/s1. The number of amides is 2. The van der Waals surface area contributed by atoms with Gasteiger partial charge in [0.25, 0.3) is 0 Å². The van der Waals surface area contributed by atoms with Gasteiger partial charge in [-0.15, -0.1) is 0 Å². The van der Waals surface area contributed by atoms with E-state index in [1.54, 1.807) is 0 Å². The van der Waals surface area contributed by atoms with E-state index in [9.17, 15) is 4.79 Å². The molecule has 0 spiro atoms. The highest BCUT2D eigenvalue weighted by Gasteiger charge is 2.36. The van der Waals surface area contributed by atoms with Gasteiger partial charge in [-0.3, -0.25) is 0 Å². The molecule has 1 atom stereocenters. The minimum absolute atomic E-state index is 0.0446. The van der Waals surface area contributed by atoms with Gasteiger partial charge < -0.3 is 10.6 Å². The van der Waals surface area contributed by atoms with Crippen molar-refractivity contribution in [2.45, 2.75) is 38.8 Å². The van der Waals surface area contributed by atoms with E-state index in [-0.39, 0.29) is 17.6 Å². The topological polar surface area (TPSA) is 41.1 Å². The first-order chi connectivity index (χ1) is 4.56. The van der Waals surface area contributed by atoms with Gasteiger partial charge in [-0.2, -0.15) is 0 Å². The molecule has 0 bridgehead atoms. The van der Waals surface area contributed by atoms with Crippen LogP contribution in [0, 0.1) is 0 Å². The molecule has 0 aromatic rings. The van der Waals surface area contributed by atoms with Crippen molar-refractivity contribution in [3.63, 3.8) is 0 Å². The molecule has 1 heterocycles. The van der Waals surface area contributed by atoms with Crippen LogP contribution in [0.4, 0.5) is 4.79 Å². The van der Waals surface area contributed by atoms with Crippen LogP contribution in [0.1, 0.15) is 27.2 Å². The van der Waals surface area contributed by atoms with Gasteiger partial charge in [-0.05, 0) is 20.3 Å². The Morgan fingerprint density at radius 2 is 2.20 bits per heavy atom. The summed E-state index contributed by atoms with van der Waals surface area (Å²) in [5.41, 5.74) is -0.0775. The zero-order valence-electron chi connectivity index (χ0n) is 6.69. The van der Waals surface area contributed by atoms with Crippen LogP contribution in [0.15, 0.2) is 0 Å². The van der Waals surface area contributed by atoms with Crippen molar-refractivity contribution >= 4 is 6.03 Å². The van der Waals surface area contributed by atoms with Crippen LogP contribution in [-0.2, 0) is 0 Å². The van der Waals surface area contributed by atoms with Crippen LogP contribution in [0.25, 0.3) is 0 Å². The molecule has 0 aliphatic carbocycles. The highest BCUT2D eigenvalue weighted by atomic mass is 16.2. The Morgan fingerprint density at radius 1 is 1.60 bits per heavy atom. The van der Waals surface area contributed by atoms with Gasteiger partial charge in [0, 0.05) is 0 Å². The third-order valence-electron chi connectivity index (χ3n) is 2.02.